The van der Waals surface area contributed by atoms with Crippen molar-refractivity contribution in [3.05, 3.63) is 65.2 Å². The van der Waals surface area contributed by atoms with Crippen LogP contribution in [-0.4, -0.2) is 12.5 Å². The molecule has 2 heteroatoms. The maximum atomic E-state index is 12.7. The molecule has 98 valence electrons. The Morgan fingerprint density at radius 2 is 1.53 bits per heavy atom. The smallest absolute Gasteiger partial charge is 0.258 e. The van der Waals surface area contributed by atoms with Gasteiger partial charge in [-0.2, -0.15) is 0 Å². The second-order valence-corrected chi connectivity index (χ2v) is 4.65. The molecule has 0 spiro atoms. The summed E-state index contributed by atoms with van der Waals surface area (Å²) < 4.78 is 0. The Morgan fingerprint density at radius 1 is 0.947 bits per heavy atom. The van der Waals surface area contributed by atoms with Crippen LogP contribution in [0.25, 0.3) is 0 Å². The van der Waals surface area contributed by atoms with Gasteiger partial charge in [0.15, 0.2) is 0 Å². The van der Waals surface area contributed by atoms with E-state index in [9.17, 15) is 4.79 Å². The van der Waals surface area contributed by atoms with Crippen molar-refractivity contribution in [2.24, 2.45) is 0 Å². The van der Waals surface area contributed by atoms with E-state index in [2.05, 4.69) is 0 Å². The lowest BCUT2D eigenvalue weighted by Crippen LogP contribution is -2.31. The molecular formula is C17H19NO. The van der Waals surface area contributed by atoms with Gasteiger partial charge < -0.3 is 4.90 Å². The van der Waals surface area contributed by atoms with E-state index < -0.39 is 0 Å². The first-order valence-electron chi connectivity index (χ1n) is 6.58. The van der Waals surface area contributed by atoms with Crippen molar-refractivity contribution < 1.29 is 4.79 Å². The largest absolute Gasteiger partial charge is 0.308 e. The molecule has 0 aliphatic rings. The van der Waals surface area contributed by atoms with Crippen molar-refractivity contribution in [1.29, 1.82) is 0 Å². The third-order valence-corrected chi connectivity index (χ3v) is 3.34. The van der Waals surface area contributed by atoms with E-state index >= 15 is 0 Å². The highest BCUT2D eigenvalue weighted by Gasteiger charge is 2.18. The molecule has 0 saturated carbocycles. The van der Waals surface area contributed by atoms with Crippen LogP contribution in [0.2, 0.25) is 0 Å². The van der Waals surface area contributed by atoms with Gasteiger partial charge in [-0.05, 0) is 44.0 Å². The monoisotopic (exact) mass is 253 g/mol. The highest BCUT2D eigenvalue weighted by atomic mass is 16.2. The highest BCUT2D eigenvalue weighted by Crippen LogP contribution is 2.22. The molecule has 2 rings (SSSR count). The van der Waals surface area contributed by atoms with Gasteiger partial charge >= 0.3 is 0 Å². The number of carbonyl (C=O) groups excluding carboxylic acids is 1. The third kappa shape index (κ3) is 2.68. The quantitative estimate of drug-likeness (QED) is 0.810. The van der Waals surface area contributed by atoms with Crippen LogP contribution in [-0.2, 0) is 0 Å². The highest BCUT2D eigenvalue weighted by molar-refractivity contribution is 6.07. The van der Waals surface area contributed by atoms with Crippen LogP contribution in [0.5, 0.6) is 0 Å². The second-order valence-electron chi connectivity index (χ2n) is 4.65. The van der Waals surface area contributed by atoms with Gasteiger partial charge in [0.1, 0.15) is 0 Å². The zero-order valence-corrected chi connectivity index (χ0v) is 11.7. The second kappa shape index (κ2) is 5.70. The number of aryl methyl sites for hydroxylation is 2. The summed E-state index contributed by atoms with van der Waals surface area (Å²) in [4.78, 5) is 14.5. The molecule has 1 amide bonds. The third-order valence-electron chi connectivity index (χ3n) is 3.34. The van der Waals surface area contributed by atoms with Gasteiger partial charge in [0.05, 0.1) is 0 Å². The Bertz CT molecular complexity index is 589. The number of hydrogen-bond acceptors (Lipinski definition) is 1. The Hall–Kier alpha value is -2.09. The van der Waals surface area contributed by atoms with Gasteiger partial charge in [-0.3, -0.25) is 4.79 Å². The van der Waals surface area contributed by atoms with E-state index in [1.807, 2.05) is 74.2 Å². The van der Waals surface area contributed by atoms with Crippen molar-refractivity contribution in [3.8, 4) is 0 Å². The zero-order chi connectivity index (χ0) is 13.8. The average molecular weight is 253 g/mol. The Balaban J connectivity index is 2.41. The van der Waals surface area contributed by atoms with E-state index in [1.165, 1.54) is 0 Å². The van der Waals surface area contributed by atoms with Gasteiger partial charge in [0.2, 0.25) is 0 Å². The maximum Gasteiger partial charge on any atom is 0.258 e. The molecule has 0 atom stereocenters. The molecule has 2 aromatic carbocycles. The standard InChI is InChI=1S/C17H19NO/c1-4-18(16-12-8-6-10-14(16)3)17(19)15-11-7-5-9-13(15)2/h5-12H,4H2,1-3H3. The van der Waals surface area contributed by atoms with Crippen LogP contribution in [0.4, 0.5) is 5.69 Å². The number of para-hydroxylation sites is 1. The lowest BCUT2D eigenvalue weighted by molar-refractivity contribution is 0.0987. The summed E-state index contributed by atoms with van der Waals surface area (Å²) in [5, 5.41) is 0. The summed E-state index contributed by atoms with van der Waals surface area (Å²) in [6.45, 7) is 6.67. The first-order chi connectivity index (χ1) is 9.15. The normalized spacial score (nSPS) is 10.3. The lowest BCUT2D eigenvalue weighted by atomic mass is 10.1. The van der Waals surface area contributed by atoms with Crippen LogP contribution in [0.15, 0.2) is 48.5 Å². The molecular weight excluding hydrogens is 234 g/mol. The molecule has 0 aliphatic carbocycles. The Kier molecular flexibility index (Phi) is 4.00. The maximum absolute atomic E-state index is 12.7. The summed E-state index contributed by atoms with van der Waals surface area (Å²) in [5.74, 6) is 0.0647. The van der Waals surface area contributed by atoms with E-state index in [-0.39, 0.29) is 5.91 Å². The van der Waals surface area contributed by atoms with Crippen molar-refractivity contribution >= 4 is 11.6 Å². The minimum absolute atomic E-state index is 0.0647. The number of carbonyl (C=O) groups is 1. The summed E-state index contributed by atoms with van der Waals surface area (Å²) >= 11 is 0. The van der Waals surface area contributed by atoms with Gasteiger partial charge in [-0.25, -0.2) is 0 Å². The number of anilines is 1. The first kappa shape index (κ1) is 13.3. The fraction of sp³-hybridized carbons (Fsp3) is 0.235. The van der Waals surface area contributed by atoms with Crippen molar-refractivity contribution in [2.45, 2.75) is 20.8 Å². The minimum Gasteiger partial charge on any atom is -0.308 e. The molecule has 0 fully saturated rings. The summed E-state index contributed by atoms with van der Waals surface area (Å²) in [7, 11) is 0. The zero-order valence-electron chi connectivity index (χ0n) is 11.7. The Labute approximate surface area is 114 Å². The summed E-state index contributed by atoms with van der Waals surface area (Å²) in [6.07, 6.45) is 0. The van der Waals surface area contributed by atoms with Gasteiger partial charge in [0, 0.05) is 17.8 Å². The minimum atomic E-state index is 0.0647. The fourth-order valence-corrected chi connectivity index (χ4v) is 2.25. The van der Waals surface area contributed by atoms with E-state index in [1.54, 1.807) is 0 Å². The lowest BCUT2D eigenvalue weighted by Gasteiger charge is -2.23. The van der Waals surface area contributed by atoms with Gasteiger partial charge in [-0.1, -0.05) is 36.4 Å². The molecule has 0 aromatic heterocycles. The molecule has 0 N–H and O–H groups in total. The van der Waals surface area contributed by atoms with E-state index in [4.69, 9.17) is 0 Å². The average Bonchev–Trinajstić information content (AvgIpc) is 2.42. The van der Waals surface area contributed by atoms with E-state index in [0.717, 1.165) is 22.4 Å². The number of amides is 1. The predicted octanol–water partition coefficient (Wildman–Crippen LogP) is 3.97. The van der Waals surface area contributed by atoms with Crippen molar-refractivity contribution in [1.82, 2.24) is 0 Å². The van der Waals surface area contributed by atoms with Crippen LogP contribution in [0.3, 0.4) is 0 Å². The molecule has 0 heterocycles. The van der Waals surface area contributed by atoms with Crippen LogP contribution in [0, 0.1) is 13.8 Å². The first-order valence-corrected chi connectivity index (χ1v) is 6.58. The number of nitrogens with zero attached hydrogens (tertiary/aromatic N) is 1. The van der Waals surface area contributed by atoms with E-state index in [0.29, 0.717) is 6.54 Å². The topological polar surface area (TPSA) is 20.3 Å². The molecule has 0 bridgehead atoms. The SMILES string of the molecule is CCN(C(=O)c1ccccc1C)c1ccccc1C. The number of rotatable bonds is 3. The summed E-state index contributed by atoms with van der Waals surface area (Å²) in [5.41, 5.74) is 3.89. The van der Waals surface area contributed by atoms with Crippen LogP contribution < -0.4 is 4.90 Å². The molecule has 0 unspecified atom stereocenters. The number of hydrogen-bond donors (Lipinski definition) is 0. The van der Waals surface area contributed by atoms with Crippen LogP contribution >= 0.6 is 0 Å². The van der Waals surface area contributed by atoms with Crippen molar-refractivity contribution in [2.75, 3.05) is 11.4 Å². The Morgan fingerprint density at radius 3 is 2.11 bits per heavy atom. The van der Waals surface area contributed by atoms with Gasteiger partial charge in [-0.15, -0.1) is 0 Å². The molecule has 0 radical (unpaired) electrons. The summed E-state index contributed by atoms with van der Waals surface area (Å²) in [6, 6.07) is 15.7. The van der Waals surface area contributed by atoms with Crippen LogP contribution in [0.1, 0.15) is 28.4 Å². The molecule has 0 saturated heterocycles. The van der Waals surface area contributed by atoms with Crippen molar-refractivity contribution in [3.63, 3.8) is 0 Å². The van der Waals surface area contributed by atoms with Gasteiger partial charge in [0.25, 0.3) is 5.91 Å². The molecule has 2 aromatic rings. The predicted molar refractivity (Wildman–Crippen MR) is 79.7 cm³/mol. The molecule has 2 nitrogen and oxygen atoms in total. The fourth-order valence-electron chi connectivity index (χ4n) is 2.25. The number of benzene rings is 2. The molecule has 0 aliphatic heterocycles. The molecule has 19 heavy (non-hydrogen) atoms.